The van der Waals surface area contributed by atoms with Crippen LogP contribution in [0.3, 0.4) is 0 Å². The van der Waals surface area contributed by atoms with Crippen molar-refractivity contribution in [3.63, 3.8) is 0 Å². The molecule has 2 unspecified atom stereocenters. The number of primary amides is 1. The van der Waals surface area contributed by atoms with Crippen LogP contribution >= 0.6 is 0 Å². The molecule has 7 nitrogen and oxygen atoms in total. The highest BCUT2D eigenvalue weighted by Crippen LogP contribution is 2.27. The Morgan fingerprint density at radius 3 is 2.56 bits per heavy atom. The molecule has 0 saturated heterocycles. The Labute approximate surface area is 186 Å². The molecule has 3 rings (SSSR count). The number of hydrogen-bond acceptors (Lipinski definition) is 4. The van der Waals surface area contributed by atoms with E-state index in [0.29, 0.717) is 28.9 Å². The zero-order chi connectivity index (χ0) is 23.4. The second kappa shape index (κ2) is 9.72. The fraction of sp³-hybridized carbons (Fsp3) is 0.333. The van der Waals surface area contributed by atoms with Gasteiger partial charge in [-0.1, -0.05) is 44.2 Å². The van der Waals surface area contributed by atoms with Crippen LogP contribution in [0, 0.1) is 17.7 Å². The Kier molecular flexibility index (Phi) is 7.02. The highest BCUT2D eigenvalue weighted by atomic mass is 19.1. The van der Waals surface area contributed by atoms with Gasteiger partial charge in [-0.15, -0.1) is 0 Å². The zero-order valence-electron chi connectivity index (χ0n) is 18.3. The van der Waals surface area contributed by atoms with Gasteiger partial charge in [0.1, 0.15) is 5.82 Å². The van der Waals surface area contributed by atoms with Gasteiger partial charge in [0.15, 0.2) is 0 Å². The normalized spacial score (nSPS) is 16.8. The molecule has 2 atom stereocenters. The summed E-state index contributed by atoms with van der Waals surface area (Å²) >= 11 is 0. The monoisotopic (exact) mass is 438 g/mol. The third kappa shape index (κ3) is 5.19. The Hall–Kier alpha value is -3.55. The maximum absolute atomic E-state index is 14.0. The molecule has 8 heteroatoms. The molecular formula is C24H27FN4O3. The zero-order valence-corrected chi connectivity index (χ0v) is 18.3. The molecule has 0 aromatic heterocycles. The number of nitrogens with zero attached hydrogens (tertiary/aromatic N) is 2. The smallest absolute Gasteiger partial charge is 0.272 e. The summed E-state index contributed by atoms with van der Waals surface area (Å²) in [6.45, 7) is 3.87. The highest BCUT2D eigenvalue weighted by Gasteiger charge is 2.33. The van der Waals surface area contributed by atoms with Gasteiger partial charge >= 0.3 is 0 Å². The SMILES string of the molecule is CC(C)CC(CC(N)=O)C(=O)NC1N=C(c2cccc(F)c2)c2ccccc2N(C)C1=O. The van der Waals surface area contributed by atoms with Crippen LogP contribution < -0.4 is 16.0 Å². The van der Waals surface area contributed by atoms with Crippen LogP contribution in [0.1, 0.15) is 37.8 Å². The number of carbonyl (C=O) groups excluding carboxylic acids is 3. The Morgan fingerprint density at radius 2 is 1.91 bits per heavy atom. The lowest BCUT2D eigenvalue weighted by atomic mass is 9.93. The summed E-state index contributed by atoms with van der Waals surface area (Å²) in [7, 11) is 1.60. The van der Waals surface area contributed by atoms with Crippen LogP contribution in [-0.4, -0.2) is 36.6 Å². The van der Waals surface area contributed by atoms with Gasteiger partial charge in [0.2, 0.25) is 18.0 Å². The number of amides is 3. The molecule has 0 saturated carbocycles. The van der Waals surface area contributed by atoms with E-state index in [1.807, 2.05) is 13.8 Å². The first-order chi connectivity index (χ1) is 15.2. The Morgan fingerprint density at radius 1 is 1.19 bits per heavy atom. The van der Waals surface area contributed by atoms with Crippen LogP contribution in [0.2, 0.25) is 0 Å². The minimum Gasteiger partial charge on any atom is -0.370 e. The molecule has 168 valence electrons. The van der Waals surface area contributed by atoms with Gasteiger partial charge in [-0.05, 0) is 30.5 Å². The number of halogens is 1. The van der Waals surface area contributed by atoms with E-state index < -0.39 is 35.6 Å². The molecule has 0 spiro atoms. The minimum absolute atomic E-state index is 0.124. The predicted molar refractivity (Wildman–Crippen MR) is 121 cm³/mol. The summed E-state index contributed by atoms with van der Waals surface area (Å²) in [5.41, 5.74) is 7.43. The van der Waals surface area contributed by atoms with E-state index in [2.05, 4.69) is 10.3 Å². The predicted octanol–water partition coefficient (Wildman–Crippen LogP) is 2.62. The number of carbonyl (C=O) groups is 3. The molecule has 1 aliphatic heterocycles. The molecule has 2 aromatic rings. The second-order valence-electron chi connectivity index (χ2n) is 8.31. The Bertz CT molecular complexity index is 1070. The number of nitrogens with one attached hydrogen (secondary N) is 1. The highest BCUT2D eigenvalue weighted by molar-refractivity contribution is 6.20. The van der Waals surface area contributed by atoms with E-state index in [9.17, 15) is 18.8 Å². The average Bonchev–Trinajstić information content (AvgIpc) is 2.83. The number of benzene rings is 2. The van der Waals surface area contributed by atoms with E-state index in [1.165, 1.54) is 17.0 Å². The molecule has 1 heterocycles. The van der Waals surface area contributed by atoms with Crippen molar-refractivity contribution in [3.8, 4) is 0 Å². The van der Waals surface area contributed by atoms with Crippen molar-refractivity contribution >= 4 is 29.1 Å². The van der Waals surface area contributed by atoms with Crippen molar-refractivity contribution in [1.82, 2.24) is 5.32 Å². The summed E-state index contributed by atoms with van der Waals surface area (Å²) in [6, 6.07) is 13.1. The van der Waals surface area contributed by atoms with Crippen molar-refractivity contribution in [2.24, 2.45) is 22.6 Å². The lowest BCUT2D eigenvalue weighted by molar-refractivity contribution is -0.132. The van der Waals surface area contributed by atoms with Crippen LogP contribution in [0.4, 0.5) is 10.1 Å². The minimum atomic E-state index is -1.24. The van der Waals surface area contributed by atoms with Crippen LogP contribution in [0.5, 0.6) is 0 Å². The van der Waals surface area contributed by atoms with Gasteiger partial charge in [0, 0.05) is 30.5 Å². The lowest BCUT2D eigenvalue weighted by Crippen LogP contribution is -2.48. The van der Waals surface area contributed by atoms with Gasteiger partial charge in [0.05, 0.1) is 11.4 Å². The maximum Gasteiger partial charge on any atom is 0.272 e. The van der Waals surface area contributed by atoms with Crippen LogP contribution in [0.25, 0.3) is 0 Å². The molecule has 0 aliphatic carbocycles. The van der Waals surface area contributed by atoms with Crippen molar-refractivity contribution in [2.75, 3.05) is 11.9 Å². The maximum atomic E-state index is 14.0. The molecule has 0 radical (unpaired) electrons. The second-order valence-corrected chi connectivity index (χ2v) is 8.31. The molecule has 0 bridgehead atoms. The summed E-state index contributed by atoms with van der Waals surface area (Å²) in [4.78, 5) is 43.6. The van der Waals surface area contributed by atoms with Gasteiger partial charge in [-0.3, -0.25) is 14.4 Å². The number of rotatable bonds is 7. The van der Waals surface area contributed by atoms with Gasteiger partial charge in [-0.25, -0.2) is 9.38 Å². The fourth-order valence-electron chi connectivity index (χ4n) is 3.83. The lowest BCUT2D eigenvalue weighted by Gasteiger charge is -2.23. The van der Waals surface area contributed by atoms with Gasteiger partial charge in [0.25, 0.3) is 5.91 Å². The molecule has 2 aromatic carbocycles. The van der Waals surface area contributed by atoms with Crippen molar-refractivity contribution < 1.29 is 18.8 Å². The standard InChI is InChI=1S/C24H27FN4O3/c1-14(2)11-16(13-20(26)30)23(31)28-22-24(32)29(3)19-10-5-4-9-18(19)21(27-22)15-7-6-8-17(25)12-15/h4-10,12,14,16,22H,11,13H2,1-3H3,(H2,26,30)(H,28,31). The van der Waals surface area contributed by atoms with E-state index in [0.717, 1.165) is 0 Å². The number of likely N-dealkylation sites (N-methyl/N-ethyl adjacent to an activating group) is 1. The largest absolute Gasteiger partial charge is 0.370 e. The summed E-state index contributed by atoms with van der Waals surface area (Å²) in [5, 5.41) is 2.68. The van der Waals surface area contributed by atoms with Crippen LogP contribution in [-0.2, 0) is 14.4 Å². The number of hydrogen-bond donors (Lipinski definition) is 2. The van der Waals surface area contributed by atoms with Crippen molar-refractivity contribution in [1.29, 1.82) is 0 Å². The molecular weight excluding hydrogens is 411 g/mol. The third-order valence-electron chi connectivity index (χ3n) is 5.29. The number of aliphatic imine (C=N–C) groups is 1. The summed E-state index contributed by atoms with van der Waals surface area (Å²) < 4.78 is 14.0. The van der Waals surface area contributed by atoms with Crippen molar-refractivity contribution in [3.05, 3.63) is 65.5 Å². The number of anilines is 1. The number of benzodiazepines with no additional fused rings is 1. The molecule has 3 N–H and O–H groups in total. The molecule has 3 amide bonds. The summed E-state index contributed by atoms with van der Waals surface area (Å²) in [6.07, 6.45) is -0.922. The van der Waals surface area contributed by atoms with Crippen LogP contribution in [0.15, 0.2) is 53.5 Å². The first-order valence-corrected chi connectivity index (χ1v) is 10.5. The third-order valence-corrected chi connectivity index (χ3v) is 5.29. The molecule has 0 fully saturated rings. The van der Waals surface area contributed by atoms with E-state index in [1.54, 1.807) is 43.4 Å². The fourth-order valence-corrected chi connectivity index (χ4v) is 3.83. The van der Waals surface area contributed by atoms with E-state index in [4.69, 9.17) is 5.73 Å². The van der Waals surface area contributed by atoms with Gasteiger partial charge < -0.3 is 16.0 Å². The van der Waals surface area contributed by atoms with E-state index in [-0.39, 0.29) is 12.3 Å². The Balaban J connectivity index is 2.03. The van der Waals surface area contributed by atoms with E-state index >= 15 is 0 Å². The first-order valence-electron chi connectivity index (χ1n) is 10.5. The molecule has 32 heavy (non-hydrogen) atoms. The average molecular weight is 439 g/mol. The number of nitrogens with two attached hydrogens (primary N) is 1. The molecule has 1 aliphatic rings. The number of para-hydroxylation sites is 1. The number of fused-ring (bicyclic) bond motifs is 1. The summed E-state index contributed by atoms with van der Waals surface area (Å²) in [5.74, 6) is -2.48. The first kappa shape index (κ1) is 23.1. The quantitative estimate of drug-likeness (QED) is 0.694. The topological polar surface area (TPSA) is 105 Å². The van der Waals surface area contributed by atoms with Crippen molar-refractivity contribution in [2.45, 2.75) is 32.9 Å². The van der Waals surface area contributed by atoms with Gasteiger partial charge in [-0.2, -0.15) is 0 Å².